The lowest BCUT2D eigenvalue weighted by atomic mass is 10.2. The zero-order chi connectivity index (χ0) is 22.1. The number of hydrogen-bond acceptors (Lipinski definition) is 7. The molecule has 1 unspecified atom stereocenters. The van der Waals surface area contributed by atoms with Gasteiger partial charge in [0.05, 0.1) is 27.7 Å². The molecule has 0 spiro atoms. The van der Waals surface area contributed by atoms with Crippen molar-refractivity contribution in [3.8, 4) is 0 Å². The fraction of sp³-hybridized carbons (Fsp3) is 0.545. The summed E-state index contributed by atoms with van der Waals surface area (Å²) in [6, 6.07) is 10.5. The van der Waals surface area contributed by atoms with Gasteiger partial charge in [-0.15, -0.1) is 11.3 Å². The highest BCUT2D eigenvalue weighted by molar-refractivity contribution is 7.96. The normalized spacial score (nSPS) is 25.1. The van der Waals surface area contributed by atoms with Gasteiger partial charge in [0.15, 0.2) is 19.7 Å². The van der Waals surface area contributed by atoms with Gasteiger partial charge < -0.3 is 5.32 Å². The monoisotopic (exact) mass is 482 g/mol. The van der Waals surface area contributed by atoms with E-state index in [0.717, 1.165) is 37.9 Å². The van der Waals surface area contributed by atoms with E-state index in [9.17, 15) is 16.8 Å². The van der Waals surface area contributed by atoms with Crippen LogP contribution in [0.1, 0.15) is 36.2 Å². The fourth-order valence-electron chi connectivity index (χ4n) is 4.61. The molecule has 0 bridgehead atoms. The average molecular weight is 483 g/mol. The summed E-state index contributed by atoms with van der Waals surface area (Å²) in [5.41, 5.74) is 1.05. The maximum Gasteiger partial charge on any atom is 0.183 e. The third-order valence-electron chi connectivity index (χ3n) is 6.39. The van der Waals surface area contributed by atoms with Crippen LogP contribution in [-0.2, 0) is 26.1 Å². The first-order chi connectivity index (χ1) is 14.8. The average Bonchev–Trinajstić information content (AvgIpc) is 3.50. The van der Waals surface area contributed by atoms with E-state index < -0.39 is 31.0 Å². The molecule has 1 aromatic heterocycles. The van der Waals surface area contributed by atoms with Crippen LogP contribution in [0.25, 0.3) is 0 Å². The van der Waals surface area contributed by atoms with Crippen molar-refractivity contribution in [3.05, 3.63) is 52.2 Å². The molecule has 2 saturated heterocycles. The van der Waals surface area contributed by atoms with Crippen LogP contribution in [0.4, 0.5) is 0 Å². The van der Waals surface area contributed by atoms with E-state index in [0.29, 0.717) is 6.54 Å². The summed E-state index contributed by atoms with van der Waals surface area (Å²) in [6.45, 7) is 4.58. The predicted molar refractivity (Wildman–Crippen MR) is 125 cm³/mol. The highest BCUT2D eigenvalue weighted by Gasteiger charge is 2.46. The molecule has 2 aromatic rings. The van der Waals surface area contributed by atoms with Crippen LogP contribution in [0.3, 0.4) is 0 Å². The lowest BCUT2D eigenvalue weighted by Gasteiger charge is -2.29. The quantitative estimate of drug-likeness (QED) is 0.623. The molecule has 1 aromatic carbocycles. The standard InChI is InChI=1S/C22H30N2O4S3/c1-2-17-7-9-18(10-8-17)31(27,28)22-16-30(25,26)15-19(22)23-14-20(21-6-5-13-29-21)24-11-3-4-12-24/h5-10,13,19-20,22-23H,2-4,11-12,14-16H2,1H3/t19-,20?,22-/m0/s1. The number of nitrogens with one attached hydrogen (secondary N) is 1. The third-order valence-corrected chi connectivity index (χ3v) is 11.5. The first kappa shape index (κ1) is 22.9. The molecule has 1 N–H and O–H groups in total. The topological polar surface area (TPSA) is 83.5 Å². The number of nitrogens with zero attached hydrogens (tertiary/aromatic N) is 1. The number of rotatable bonds is 8. The van der Waals surface area contributed by atoms with Gasteiger partial charge in [-0.3, -0.25) is 4.90 Å². The van der Waals surface area contributed by atoms with Crippen molar-refractivity contribution in [2.24, 2.45) is 0 Å². The van der Waals surface area contributed by atoms with Crippen molar-refractivity contribution in [3.63, 3.8) is 0 Å². The van der Waals surface area contributed by atoms with Crippen molar-refractivity contribution in [1.29, 1.82) is 0 Å². The summed E-state index contributed by atoms with van der Waals surface area (Å²) in [5.74, 6) is -0.461. The second-order valence-electron chi connectivity index (χ2n) is 8.45. The van der Waals surface area contributed by atoms with Gasteiger partial charge in [0.1, 0.15) is 0 Å². The smallest absolute Gasteiger partial charge is 0.183 e. The molecule has 0 saturated carbocycles. The zero-order valence-corrected chi connectivity index (χ0v) is 20.2. The Balaban J connectivity index is 1.55. The number of aryl methyl sites for hydroxylation is 1. The molecular formula is C22H30N2O4S3. The van der Waals surface area contributed by atoms with E-state index in [1.54, 1.807) is 35.6 Å². The summed E-state index contributed by atoms with van der Waals surface area (Å²) in [7, 11) is -7.18. The number of likely N-dealkylation sites (tertiary alicyclic amines) is 1. The van der Waals surface area contributed by atoms with Gasteiger partial charge in [-0.25, -0.2) is 16.8 Å². The molecule has 2 aliphatic rings. The van der Waals surface area contributed by atoms with Gasteiger partial charge in [0, 0.05) is 17.5 Å². The van der Waals surface area contributed by atoms with Crippen LogP contribution >= 0.6 is 11.3 Å². The maximum atomic E-state index is 13.3. The molecule has 2 fully saturated rings. The Morgan fingerprint density at radius 2 is 1.84 bits per heavy atom. The molecule has 0 aliphatic carbocycles. The second-order valence-corrected chi connectivity index (χ2v) is 13.7. The highest BCUT2D eigenvalue weighted by Crippen LogP contribution is 2.30. The first-order valence-corrected chi connectivity index (χ1v) is 15.1. The SMILES string of the molecule is CCc1ccc(S(=O)(=O)[C@H]2CS(=O)(=O)C[C@@H]2NCC(c2cccs2)N2CCCC2)cc1. The maximum absolute atomic E-state index is 13.3. The van der Waals surface area contributed by atoms with Gasteiger partial charge in [0.25, 0.3) is 0 Å². The lowest BCUT2D eigenvalue weighted by Crippen LogP contribution is -2.46. The van der Waals surface area contributed by atoms with Crippen LogP contribution < -0.4 is 5.32 Å². The van der Waals surface area contributed by atoms with Crippen molar-refractivity contribution in [1.82, 2.24) is 10.2 Å². The molecule has 9 heteroatoms. The molecule has 6 nitrogen and oxygen atoms in total. The van der Waals surface area contributed by atoms with E-state index >= 15 is 0 Å². The summed E-state index contributed by atoms with van der Waals surface area (Å²) >= 11 is 1.69. The number of hydrogen-bond donors (Lipinski definition) is 1. The Labute approximate surface area is 189 Å². The van der Waals surface area contributed by atoms with E-state index in [4.69, 9.17) is 0 Å². The van der Waals surface area contributed by atoms with Crippen molar-refractivity contribution in [2.45, 2.75) is 48.4 Å². The van der Waals surface area contributed by atoms with Crippen LogP contribution in [0, 0.1) is 0 Å². The van der Waals surface area contributed by atoms with Crippen LogP contribution in [0.2, 0.25) is 0 Å². The number of sulfone groups is 2. The van der Waals surface area contributed by atoms with Crippen LogP contribution in [0.5, 0.6) is 0 Å². The van der Waals surface area contributed by atoms with E-state index in [1.807, 2.05) is 18.4 Å². The van der Waals surface area contributed by atoms with Crippen molar-refractivity contribution in [2.75, 3.05) is 31.1 Å². The van der Waals surface area contributed by atoms with E-state index in [1.165, 1.54) is 4.88 Å². The first-order valence-electron chi connectivity index (χ1n) is 10.8. The lowest BCUT2D eigenvalue weighted by molar-refractivity contribution is 0.237. The molecule has 3 atom stereocenters. The Kier molecular flexibility index (Phi) is 6.88. The van der Waals surface area contributed by atoms with Crippen LogP contribution in [0.15, 0.2) is 46.7 Å². The van der Waals surface area contributed by atoms with Crippen molar-refractivity contribution >= 4 is 31.0 Å². The predicted octanol–water partition coefficient (Wildman–Crippen LogP) is 2.68. The van der Waals surface area contributed by atoms with E-state index in [2.05, 4.69) is 16.3 Å². The molecule has 2 aliphatic heterocycles. The minimum atomic E-state index is -3.76. The van der Waals surface area contributed by atoms with Gasteiger partial charge in [-0.2, -0.15) is 0 Å². The molecule has 4 rings (SSSR count). The molecule has 3 heterocycles. The van der Waals surface area contributed by atoms with E-state index in [-0.39, 0.29) is 22.4 Å². The molecule has 170 valence electrons. The van der Waals surface area contributed by atoms with Crippen molar-refractivity contribution < 1.29 is 16.8 Å². The Bertz CT molecular complexity index is 1070. The summed E-state index contributed by atoms with van der Waals surface area (Å²) in [6.07, 6.45) is 3.14. The highest BCUT2D eigenvalue weighted by atomic mass is 32.2. The number of benzene rings is 1. The van der Waals surface area contributed by atoms with Crippen LogP contribution in [-0.4, -0.2) is 64.2 Å². The fourth-order valence-corrected chi connectivity index (χ4v) is 10.2. The van der Waals surface area contributed by atoms with Gasteiger partial charge >= 0.3 is 0 Å². The summed E-state index contributed by atoms with van der Waals surface area (Å²) < 4.78 is 51.6. The summed E-state index contributed by atoms with van der Waals surface area (Å²) in [5, 5.41) is 4.44. The third kappa shape index (κ3) is 5.06. The molecule has 0 radical (unpaired) electrons. The second kappa shape index (κ2) is 9.31. The minimum absolute atomic E-state index is 0.137. The summed E-state index contributed by atoms with van der Waals surface area (Å²) in [4.78, 5) is 3.84. The van der Waals surface area contributed by atoms with Gasteiger partial charge in [-0.1, -0.05) is 25.1 Å². The molecule has 31 heavy (non-hydrogen) atoms. The zero-order valence-electron chi connectivity index (χ0n) is 17.7. The Hall–Kier alpha value is -1.26. The van der Waals surface area contributed by atoms with Gasteiger partial charge in [-0.05, 0) is 61.5 Å². The Morgan fingerprint density at radius 1 is 1.13 bits per heavy atom. The van der Waals surface area contributed by atoms with Gasteiger partial charge in [0.2, 0.25) is 0 Å². The minimum Gasteiger partial charge on any atom is -0.310 e. The molecular weight excluding hydrogens is 452 g/mol. The number of thiophene rings is 1. The molecule has 0 amide bonds. The largest absolute Gasteiger partial charge is 0.310 e. The Morgan fingerprint density at radius 3 is 2.45 bits per heavy atom.